The van der Waals surface area contributed by atoms with Crippen molar-refractivity contribution in [2.24, 2.45) is 28.8 Å². The number of allylic oxidation sites excluding steroid dienone is 2. The number of carbonyl (C=O) groups excluding carboxylic acids is 2. The Balaban J connectivity index is 1.47. The number of benzene rings is 1. The van der Waals surface area contributed by atoms with Crippen molar-refractivity contribution in [1.82, 2.24) is 9.58 Å². The molecule has 0 spiro atoms. The zero-order valence-corrected chi connectivity index (χ0v) is 17.9. The average Bonchev–Trinajstić information content (AvgIpc) is 3.51. The number of methoxy groups -OCH3 is 1. The van der Waals surface area contributed by atoms with Crippen molar-refractivity contribution in [2.75, 3.05) is 7.11 Å². The number of ether oxygens (including phenoxy) is 1. The SMILES string of the molecule is COc1ccc(-n2c(C)cc(C=NN3C(=O)[C@@H]4[C@H](C3=O)[C@H]3C=C[C@H]4C3)c2C)c([N+](=O)[O-])c1. The van der Waals surface area contributed by atoms with Gasteiger partial charge in [0.25, 0.3) is 17.5 Å². The maximum atomic E-state index is 12.8. The first-order chi connectivity index (χ1) is 15.3. The molecule has 0 unspecified atom stereocenters. The minimum absolute atomic E-state index is 0.0877. The number of hydrazone groups is 1. The molecule has 32 heavy (non-hydrogen) atoms. The van der Waals surface area contributed by atoms with E-state index in [0.29, 0.717) is 22.7 Å². The number of aromatic nitrogens is 1. The molecule has 2 aliphatic carbocycles. The number of fused-ring (bicyclic) bond motifs is 5. The number of nitro groups is 1. The Bertz CT molecular complexity index is 1200. The van der Waals surface area contributed by atoms with Crippen molar-refractivity contribution in [2.45, 2.75) is 20.3 Å². The second-order valence-corrected chi connectivity index (χ2v) is 8.51. The lowest BCUT2D eigenvalue weighted by molar-refractivity contribution is -0.384. The van der Waals surface area contributed by atoms with E-state index in [0.717, 1.165) is 17.1 Å². The minimum atomic E-state index is -0.451. The number of carbonyl (C=O) groups is 2. The van der Waals surface area contributed by atoms with Gasteiger partial charge < -0.3 is 9.30 Å². The average molecular weight is 434 g/mol. The summed E-state index contributed by atoms with van der Waals surface area (Å²) >= 11 is 0. The topological polar surface area (TPSA) is 107 Å². The van der Waals surface area contributed by atoms with E-state index in [2.05, 4.69) is 5.10 Å². The van der Waals surface area contributed by atoms with Gasteiger partial charge in [-0.2, -0.15) is 10.1 Å². The van der Waals surface area contributed by atoms with E-state index >= 15 is 0 Å². The molecule has 0 N–H and O–H groups in total. The van der Waals surface area contributed by atoms with E-state index in [4.69, 9.17) is 4.74 Å². The molecule has 164 valence electrons. The van der Waals surface area contributed by atoms with Crippen LogP contribution < -0.4 is 4.74 Å². The predicted octanol–water partition coefficient (Wildman–Crippen LogP) is 3.15. The quantitative estimate of drug-likeness (QED) is 0.236. The molecule has 1 saturated carbocycles. The highest BCUT2D eigenvalue weighted by molar-refractivity contribution is 6.06. The number of nitrogens with zero attached hydrogens (tertiary/aromatic N) is 4. The summed E-state index contributed by atoms with van der Waals surface area (Å²) < 4.78 is 6.87. The zero-order valence-electron chi connectivity index (χ0n) is 17.9. The summed E-state index contributed by atoms with van der Waals surface area (Å²) in [5, 5.41) is 16.9. The van der Waals surface area contributed by atoms with Crippen molar-refractivity contribution in [3.8, 4) is 11.4 Å². The van der Waals surface area contributed by atoms with Crippen molar-refractivity contribution in [3.63, 3.8) is 0 Å². The van der Waals surface area contributed by atoms with Gasteiger partial charge in [0.1, 0.15) is 11.4 Å². The molecule has 9 heteroatoms. The highest BCUT2D eigenvalue weighted by Crippen LogP contribution is 2.52. The fourth-order valence-electron chi connectivity index (χ4n) is 5.37. The molecule has 1 aliphatic heterocycles. The Hall–Kier alpha value is -3.75. The second kappa shape index (κ2) is 7.15. The summed E-state index contributed by atoms with van der Waals surface area (Å²) in [5.74, 6) is -0.442. The summed E-state index contributed by atoms with van der Waals surface area (Å²) in [5.41, 5.74) is 2.45. The molecule has 2 heterocycles. The van der Waals surface area contributed by atoms with Gasteiger partial charge in [-0.1, -0.05) is 12.2 Å². The van der Waals surface area contributed by atoms with E-state index in [1.165, 1.54) is 19.4 Å². The van der Waals surface area contributed by atoms with Crippen LogP contribution in [0.1, 0.15) is 23.4 Å². The van der Waals surface area contributed by atoms with Gasteiger partial charge in [0.2, 0.25) is 0 Å². The number of rotatable bonds is 5. The van der Waals surface area contributed by atoms with Crippen LogP contribution in [0.3, 0.4) is 0 Å². The molecular weight excluding hydrogens is 412 g/mol. The van der Waals surface area contributed by atoms with E-state index < -0.39 is 4.92 Å². The largest absolute Gasteiger partial charge is 0.496 e. The Labute approximate surface area is 184 Å². The summed E-state index contributed by atoms with van der Waals surface area (Å²) in [6.07, 6.45) is 6.44. The molecule has 4 atom stereocenters. The molecule has 5 rings (SSSR count). The lowest BCUT2D eigenvalue weighted by atomic mass is 9.85. The van der Waals surface area contributed by atoms with Gasteiger partial charge in [-0.25, -0.2) is 0 Å². The highest BCUT2D eigenvalue weighted by atomic mass is 16.6. The number of hydrogen-bond acceptors (Lipinski definition) is 6. The summed E-state index contributed by atoms with van der Waals surface area (Å²) in [7, 11) is 1.45. The molecule has 0 radical (unpaired) electrons. The lowest BCUT2D eigenvalue weighted by Gasteiger charge is -2.13. The van der Waals surface area contributed by atoms with Crippen LogP contribution in [0.4, 0.5) is 5.69 Å². The van der Waals surface area contributed by atoms with E-state index in [9.17, 15) is 19.7 Å². The van der Waals surface area contributed by atoms with Gasteiger partial charge in [0.05, 0.1) is 36.1 Å². The smallest absolute Gasteiger partial charge is 0.296 e. The Morgan fingerprint density at radius 2 is 1.78 bits per heavy atom. The van der Waals surface area contributed by atoms with Crippen molar-refractivity contribution in [3.05, 3.63) is 63.5 Å². The maximum absolute atomic E-state index is 12.8. The third kappa shape index (κ3) is 2.80. The molecule has 3 aliphatic rings. The standard InChI is InChI=1S/C23H22N4O5/c1-12-8-16(13(2)25(12)18-7-6-17(32-3)10-19(18)27(30)31)11-24-26-22(28)20-14-4-5-15(9-14)21(20)23(26)29/h4-8,10-11,14-15,20-21H,9H2,1-3H3/t14-,15-,20-,21+/m0/s1. The zero-order chi connectivity index (χ0) is 22.7. The molecule has 9 nitrogen and oxygen atoms in total. The molecule has 1 aromatic carbocycles. The van der Waals surface area contributed by atoms with Crippen LogP contribution in [-0.2, 0) is 9.59 Å². The minimum Gasteiger partial charge on any atom is -0.496 e. The van der Waals surface area contributed by atoms with Crippen LogP contribution in [0.2, 0.25) is 0 Å². The first kappa shape index (κ1) is 20.2. The number of amides is 2. The number of imide groups is 1. The van der Waals surface area contributed by atoms with Crippen LogP contribution >= 0.6 is 0 Å². The van der Waals surface area contributed by atoms with Gasteiger partial charge in [0, 0.05) is 17.0 Å². The van der Waals surface area contributed by atoms with Crippen LogP contribution in [0.25, 0.3) is 5.69 Å². The van der Waals surface area contributed by atoms with E-state index in [1.807, 2.05) is 32.1 Å². The second-order valence-electron chi connectivity index (χ2n) is 8.51. The van der Waals surface area contributed by atoms with Gasteiger partial charge in [-0.05, 0) is 50.3 Å². The lowest BCUT2D eigenvalue weighted by Crippen LogP contribution is -2.28. The van der Waals surface area contributed by atoms with Gasteiger partial charge >= 0.3 is 0 Å². The third-order valence-electron chi connectivity index (χ3n) is 6.85. The molecule has 1 saturated heterocycles. The van der Waals surface area contributed by atoms with Gasteiger partial charge in [-0.3, -0.25) is 19.7 Å². The molecule has 1 aromatic heterocycles. The van der Waals surface area contributed by atoms with Gasteiger partial charge in [-0.15, -0.1) is 0 Å². The van der Waals surface area contributed by atoms with Crippen LogP contribution in [-0.4, -0.2) is 39.6 Å². The summed E-state index contributed by atoms with van der Waals surface area (Å²) in [6, 6.07) is 6.50. The van der Waals surface area contributed by atoms with Crippen LogP contribution in [0.5, 0.6) is 5.75 Å². The molecule has 2 aromatic rings. The maximum Gasteiger partial charge on any atom is 0.296 e. The van der Waals surface area contributed by atoms with Gasteiger partial charge in [0.15, 0.2) is 0 Å². The molecular formula is C23H22N4O5. The van der Waals surface area contributed by atoms with E-state index in [1.54, 1.807) is 16.7 Å². The third-order valence-corrected chi connectivity index (χ3v) is 6.85. The summed E-state index contributed by atoms with van der Waals surface area (Å²) in [4.78, 5) is 36.9. The number of hydrogen-bond donors (Lipinski definition) is 0. The molecule has 2 bridgehead atoms. The monoisotopic (exact) mass is 434 g/mol. The summed E-state index contributed by atoms with van der Waals surface area (Å²) in [6.45, 7) is 3.65. The molecule has 2 amide bonds. The predicted molar refractivity (Wildman–Crippen MR) is 116 cm³/mol. The van der Waals surface area contributed by atoms with Crippen LogP contribution in [0, 0.1) is 47.6 Å². The fraction of sp³-hybridized carbons (Fsp3) is 0.348. The van der Waals surface area contributed by atoms with Crippen molar-refractivity contribution < 1.29 is 19.2 Å². The number of aryl methyl sites for hydroxylation is 1. The van der Waals surface area contributed by atoms with Crippen molar-refractivity contribution in [1.29, 1.82) is 0 Å². The first-order valence-corrected chi connectivity index (χ1v) is 10.4. The first-order valence-electron chi connectivity index (χ1n) is 10.4. The molecule has 2 fully saturated rings. The Morgan fingerprint density at radius 3 is 2.38 bits per heavy atom. The van der Waals surface area contributed by atoms with Crippen LogP contribution in [0.15, 0.2) is 41.5 Å². The number of nitro benzene ring substituents is 1. The normalized spacial score (nSPS) is 25.9. The fourth-order valence-corrected chi connectivity index (χ4v) is 5.37. The Morgan fingerprint density at radius 1 is 1.12 bits per heavy atom. The Kier molecular flexibility index (Phi) is 4.51. The highest BCUT2D eigenvalue weighted by Gasteiger charge is 2.59. The van der Waals surface area contributed by atoms with Crippen molar-refractivity contribution >= 4 is 23.7 Å². The van der Waals surface area contributed by atoms with E-state index in [-0.39, 0.29) is 41.2 Å².